The lowest BCUT2D eigenvalue weighted by atomic mass is 10.2. The molecule has 1 atom stereocenters. The fourth-order valence-corrected chi connectivity index (χ4v) is 1.79. The maximum atomic E-state index is 8.90. The third kappa shape index (κ3) is 4.30. The molecule has 0 amide bonds. The van der Waals surface area contributed by atoms with Gasteiger partial charge >= 0.3 is 0 Å². The molecule has 1 rings (SSSR count). The Morgan fingerprint density at radius 2 is 2.38 bits per heavy atom. The Balaban J connectivity index is 2.37. The van der Waals surface area contributed by atoms with Gasteiger partial charge in [0.05, 0.1) is 6.20 Å². The largest absolute Gasteiger partial charge is 0.396 e. The second kappa shape index (κ2) is 6.62. The first-order chi connectivity index (χ1) is 7.65. The standard InChI is InChI=1S/C11H22N4O/c1-12-11(4-5-16)9-14(2)7-10-6-13-15(3)8-10/h6,8,11-12,16H,4-5,7,9H2,1-3H3. The summed E-state index contributed by atoms with van der Waals surface area (Å²) in [6.07, 6.45) is 4.70. The summed E-state index contributed by atoms with van der Waals surface area (Å²) in [4.78, 5) is 2.23. The van der Waals surface area contributed by atoms with Gasteiger partial charge in [-0.25, -0.2) is 0 Å². The Hall–Kier alpha value is -0.910. The zero-order chi connectivity index (χ0) is 12.0. The molecule has 0 radical (unpaired) electrons. The maximum absolute atomic E-state index is 8.90. The normalized spacial score (nSPS) is 13.3. The highest BCUT2D eigenvalue weighted by Crippen LogP contribution is 2.02. The average Bonchev–Trinajstić information content (AvgIpc) is 2.63. The van der Waals surface area contributed by atoms with Crippen molar-refractivity contribution in [2.75, 3.05) is 27.2 Å². The summed E-state index contributed by atoms with van der Waals surface area (Å²) in [5.74, 6) is 0. The summed E-state index contributed by atoms with van der Waals surface area (Å²) in [6.45, 7) is 2.04. The van der Waals surface area contributed by atoms with Crippen LogP contribution in [0.3, 0.4) is 0 Å². The molecule has 0 aliphatic carbocycles. The highest BCUT2D eigenvalue weighted by Gasteiger charge is 2.09. The van der Waals surface area contributed by atoms with Gasteiger partial charge in [0, 0.05) is 44.5 Å². The molecule has 1 aromatic heterocycles. The molecule has 2 N–H and O–H groups in total. The number of aliphatic hydroxyl groups is 1. The minimum atomic E-state index is 0.228. The predicted molar refractivity (Wildman–Crippen MR) is 64.1 cm³/mol. The van der Waals surface area contributed by atoms with Gasteiger partial charge in [0.25, 0.3) is 0 Å². The molecular formula is C11H22N4O. The lowest BCUT2D eigenvalue weighted by Gasteiger charge is -2.22. The Morgan fingerprint density at radius 1 is 1.62 bits per heavy atom. The molecule has 0 spiro atoms. The van der Waals surface area contributed by atoms with Gasteiger partial charge in [-0.2, -0.15) is 5.10 Å². The van der Waals surface area contributed by atoms with E-state index < -0.39 is 0 Å². The molecule has 0 aliphatic rings. The highest BCUT2D eigenvalue weighted by molar-refractivity contribution is 5.03. The first-order valence-corrected chi connectivity index (χ1v) is 5.60. The number of nitrogens with one attached hydrogen (secondary N) is 1. The fraction of sp³-hybridized carbons (Fsp3) is 0.727. The highest BCUT2D eigenvalue weighted by atomic mass is 16.3. The van der Waals surface area contributed by atoms with Gasteiger partial charge in [0.15, 0.2) is 0 Å². The zero-order valence-corrected chi connectivity index (χ0v) is 10.3. The molecule has 1 heterocycles. The van der Waals surface area contributed by atoms with Crippen LogP contribution < -0.4 is 5.32 Å². The van der Waals surface area contributed by atoms with E-state index in [2.05, 4.69) is 22.4 Å². The van der Waals surface area contributed by atoms with Gasteiger partial charge in [0.1, 0.15) is 0 Å². The van der Waals surface area contributed by atoms with Crippen LogP contribution in [-0.4, -0.2) is 53.1 Å². The summed E-state index contributed by atoms with van der Waals surface area (Å²) in [5, 5.41) is 16.2. The molecule has 5 heteroatoms. The van der Waals surface area contributed by atoms with E-state index in [9.17, 15) is 0 Å². The molecule has 0 saturated carbocycles. The van der Waals surface area contributed by atoms with Crippen molar-refractivity contribution in [2.24, 2.45) is 7.05 Å². The van der Waals surface area contributed by atoms with Crippen LogP contribution in [-0.2, 0) is 13.6 Å². The number of likely N-dealkylation sites (N-methyl/N-ethyl adjacent to an activating group) is 2. The minimum absolute atomic E-state index is 0.228. The molecule has 92 valence electrons. The van der Waals surface area contributed by atoms with Crippen molar-refractivity contribution in [1.29, 1.82) is 0 Å². The van der Waals surface area contributed by atoms with Crippen LogP contribution in [0.1, 0.15) is 12.0 Å². The van der Waals surface area contributed by atoms with E-state index in [1.807, 2.05) is 31.2 Å². The van der Waals surface area contributed by atoms with E-state index >= 15 is 0 Å². The van der Waals surface area contributed by atoms with Crippen LogP contribution >= 0.6 is 0 Å². The Bertz CT molecular complexity index is 300. The van der Waals surface area contributed by atoms with Crippen LogP contribution in [0.5, 0.6) is 0 Å². The second-order valence-corrected chi connectivity index (χ2v) is 4.22. The maximum Gasteiger partial charge on any atom is 0.0534 e. The van der Waals surface area contributed by atoms with Gasteiger partial charge < -0.3 is 15.3 Å². The van der Waals surface area contributed by atoms with E-state index in [1.165, 1.54) is 5.56 Å². The molecule has 0 fully saturated rings. The topological polar surface area (TPSA) is 53.3 Å². The molecule has 1 unspecified atom stereocenters. The summed E-state index contributed by atoms with van der Waals surface area (Å²) < 4.78 is 1.81. The van der Waals surface area contributed by atoms with Crippen molar-refractivity contribution in [3.8, 4) is 0 Å². The summed E-state index contributed by atoms with van der Waals surface area (Å²) in [7, 11) is 5.93. The van der Waals surface area contributed by atoms with Crippen LogP contribution in [0.4, 0.5) is 0 Å². The van der Waals surface area contributed by atoms with E-state index in [0.29, 0.717) is 6.04 Å². The van der Waals surface area contributed by atoms with Crippen molar-refractivity contribution in [3.63, 3.8) is 0 Å². The third-order valence-corrected chi connectivity index (χ3v) is 2.63. The number of hydrogen-bond donors (Lipinski definition) is 2. The van der Waals surface area contributed by atoms with Crippen molar-refractivity contribution in [1.82, 2.24) is 20.0 Å². The predicted octanol–water partition coefficient (Wildman–Crippen LogP) is -0.178. The van der Waals surface area contributed by atoms with Gasteiger partial charge in [-0.1, -0.05) is 0 Å². The number of nitrogens with zero attached hydrogens (tertiary/aromatic N) is 3. The number of aromatic nitrogens is 2. The van der Waals surface area contributed by atoms with Crippen LogP contribution in [0.15, 0.2) is 12.4 Å². The van der Waals surface area contributed by atoms with Crippen molar-refractivity contribution >= 4 is 0 Å². The second-order valence-electron chi connectivity index (χ2n) is 4.22. The molecule has 0 aliphatic heterocycles. The molecule has 1 aromatic rings. The average molecular weight is 226 g/mol. The van der Waals surface area contributed by atoms with Crippen molar-refractivity contribution < 1.29 is 5.11 Å². The lowest BCUT2D eigenvalue weighted by Crippen LogP contribution is -2.37. The van der Waals surface area contributed by atoms with Crippen LogP contribution in [0.25, 0.3) is 0 Å². The number of rotatable bonds is 7. The molecule has 0 saturated heterocycles. The summed E-state index contributed by atoms with van der Waals surface area (Å²) in [6, 6.07) is 0.340. The van der Waals surface area contributed by atoms with E-state index in [4.69, 9.17) is 5.11 Å². The molecular weight excluding hydrogens is 204 g/mol. The van der Waals surface area contributed by atoms with Crippen LogP contribution in [0.2, 0.25) is 0 Å². The summed E-state index contributed by atoms with van der Waals surface area (Å²) >= 11 is 0. The molecule has 16 heavy (non-hydrogen) atoms. The van der Waals surface area contributed by atoms with Crippen LogP contribution in [0, 0.1) is 0 Å². The van der Waals surface area contributed by atoms with Gasteiger partial charge in [-0.15, -0.1) is 0 Å². The Morgan fingerprint density at radius 3 is 2.88 bits per heavy atom. The van der Waals surface area contributed by atoms with Gasteiger partial charge in [-0.05, 0) is 20.5 Å². The lowest BCUT2D eigenvalue weighted by molar-refractivity contribution is 0.230. The smallest absolute Gasteiger partial charge is 0.0534 e. The monoisotopic (exact) mass is 226 g/mol. The summed E-state index contributed by atoms with van der Waals surface area (Å²) in [5.41, 5.74) is 1.21. The molecule has 0 bridgehead atoms. The first-order valence-electron chi connectivity index (χ1n) is 5.60. The Kier molecular flexibility index (Phi) is 5.45. The van der Waals surface area contributed by atoms with E-state index in [1.54, 1.807) is 0 Å². The molecule has 0 aromatic carbocycles. The third-order valence-electron chi connectivity index (χ3n) is 2.63. The zero-order valence-electron chi connectivity index (χ0n) is 10.3. The fourth-order valence-electron chi connectivity index (χ4n) is 1.79. The van der Waals surface area contributed by atoms with E-state index in [-0.39, 0.29) is 6.61 Å². The van der Waals surface area contributed by atoms with Gasteiger partial charge in [0.2, 0.25) is 0 Å². The minimum Gasteiger partial charge on any atom is -0.396 e. The first kappa shape index (κ1) is 13.2. The SMILES string of the molecule is CNC(CCO)CN(C)Cc1cnn(C)c1. The number of aryl methyl sites for hydroxylation is 1. The quantitative estimate of drug-likeness (QED) is 0.677. The molecule has 5 nitrogen and oxygen atoms in total. The van der Waals surface area contributed by atoms with Crippen molar-refractivity contribution in [2.45, 2.75) is 19.0 Å². The number of hydrogen-bond acceptors (Lipinski definition) is 4. The van der Waals surface area contributed by atoms with Crippen molar-refractivity contribution in [3.05, 3.63) is 18.0 Å². The number of aliphatic hydroxyl groups excluding tert-OH is 1. The Labute approximate surface area is 97.1 Å². The van der Waals surface area contributed by atoms with E-state index in [0.717, 1.165) is 19.5 Å². The van der Waals surface area contributed by atoms with Gasteiger partial charge in [-0.3, -0.25) is 4.68 Å².